The van der Waals surface area contributed by atoms with Gasteiger partial charge < -0.3 is 10.6 Å². The first-order chi connectivity index (χ1) is 10.3. The van der Waals surface area contributed by atoms with E-state index in [1.54, 1.807) is 12.1 Å². The number of halogens is 1. The fourth-order valence-electron chi connectivity index (χ4n) is 2.11. The molecule has 0 fully saturated rings. The summed E-state index contributed by atoms with van der Waals surface area (Å²) < 4.78 is 13.3. The number of para-hydroxylation sites is 1. The van der Waals surface area contributed by atoms with Gasteiger partial charge in [-0.25, -0.2) is 9.37 Å². The Morgan fingerprint density at radius 3 is 2.71 bits per heavy atom. The van der Waals surface area contributed by atoms with Crippen LogP contribution in [0.3, 0.4) is 0 Å². The van der Waals surface area contributed by atoms with Crippen LogP contribution >= 0.6 is 0 Å². The largest absolute Gasteiger partial charge is 0.354 e. The number of aromatic nitrogens is 2. The van der Waals surface area contributed by atoms with Crippen LogP contribution in [0.4, 0.5) is 21.8 Å². The molecule has 3 rings (SSSR count). The minimum absolute atomic E-state index is 0.287. The van der Waals surface area contributed by atoms with Crippen LogP contribution in [0, 0.1) is 5.82 Å². The van der Waals surface area contributed by atoms with Crippen LogP contribution in [0.25, 0.3) is 10.9 Å². The Labute approximate surface area is 122 Å². The summed E-state index contributed by atoms with van der Waals surface area (Å²) in [6, 6.07) is 14.0. The number of nitrogens with one attached hydrogen (secondary N) is 2. The third kappa shape index (κ3) is 2.91. The lowest BCUT2D eigenvalue weighted by Crippen LogP contribution is -2.05. The van der Waals surface area contributed by atoms with Crippen molar-refractivity contribution in [3.8, 4) is 0 Å². The molecule has 0 bridgehead atoms. The molecule has 2 aromatic carbocycles. The molecule has 0 radical (unpaired) electrons. The molecule has 4 nitrogen and oxygen atoms in total. The average Bonchev–Trinajstić information content (AvgIpc) is 2.48. The number of fused-ring (bicyclic) bond motifs is 1. The van der Waals surface area contributed by atoms with Gasteiger partial charge >= 0.3 is 0 Å². The highest BCUT2D eigenvalue weighted by atomic mass is 19.1. The minimum atomic E-state index is -0.287. The van der Waals surface area contributed by atoms with Gasteiger partial charge in [-0.3, -0.25) is 0 Å². The molecule has 0 saturated heterocycles. The molecular weight excluding hydrogens is 267 g/mol. The fourth-order valence-corrected chi connectivity index (χ4v) is 2.11. The van der Waals surface area contributed by atoms with E-state index in [-0.39, 0.29) is 5.82 Å². The molecule has 1 heterocycles. The zero-order valence-corrected chi connectivity index (χ0v) is 11.6. The average molecular weight is 282 g/mol. The second-order valence-corrected chi connectivity index (χ2v) is 4.58. The van der Waals surface area contributed by atoms with Crippen molar-refractivity contribution < 1.29 is 4.39 Å². The van der Waals surface area contributed by atoms with E-state index in [1.165, 1.54) is 12.1 Å². The van der Waals surface area contributed by atoms with E-state index in [1.807, 2.05) is 31.2 Å². The normalized spacial score (nSPS) is 10.6. The van der Waals surface area contributed by atoms with Gasteiger partial charge in [-0.1, -0.05) is 18.2 Å². The standard InChI is InChI=1S/C16H15FN4/c1-2-18-16-20-14-9-4-3-8-13(14)15(21-16)19-12-7-5-6-11(17)10-12/h3-10H,2H2,1H3,(H2,18,19,20,21). The van der Waals surface area contributed by atoms with Gasteiger partial charge in [0.2, 0.25) is 5.95 Å². The summed E-state index contributed by atoms with van der Waals surface area (Å²) in [5.41, 5.74) is 1.49. The summed E-state index contributed by atoms with van der Waals surface area (Å²) in [5, 5.41) is 7.15. The van der Waals surface area contributed by atoms with E-state index in [9.17, 15) is 4.39 Å². The summed E-state index contributed by atoms with van der Waals surface area (Å²) in [6.45, 7) is 2.72. The van der Waals surface area contributed by atoms with Crippen molar-refractivity contribution in [2.45, 2.75) is 6.92 Å². The first-order valence-corrected chi connectivity index (χ1v) is 6.79. The second kappa shape index (κ2) is 5.75. The molecule has 0 aliphatic carbocycles. The maximum Gasteiger partial charge on any atom is 0.225 e. The van der Waals surface area contributed by atoms with E-state index in [2.05, 4.69) is 20.6 Å². The Morgan fingerprint density at radius 2 is 1.90 bits per heavy atom. The SMILES string of the molecule is CCNc1nc(Nc2cccc(F)c2)c2ccccc2n1. The molecule has 1 aromatic heterocycles. The summed E-state index contributed by atoms with van der Waals surface area (Å²) in [5.74, 6) is 0.919. The van der Waals surface area contributed by atoms with Crippen LogP contribution in [-0.4, -0.2) is 16.5 Å². The highest BCUT2D eigenvalue weighted by Crippen LogP contribution is 2.25. The van der Waals surface area contributed by atoms with Gasteiger partial charge in [0.05, 0.1) is 5.52 Å². The van der Waals surface area contributed by atoms with Gasteiger partial charge in [-0.15, -0.1) is 0 Å². The van der Waals surface area contributed by atoms with Crippen molar-refractivity contribution in [3.05, 3.63) is 54.3 Å². The van der Waals surface area contributed by atoms with Crippen molar-refractivity contribution in [1.82, 2.24) is 9.97 Å². The molecule has 3 aromatic rings. The lowest BCUT2D eigenvalue weighted by Gasteiger charge is -2.11. The Bertz CT molecular complexity index is 773. The molecule has 0 saturated carbocycles. The zero-order chi connectivity index (χ0) is 14.7. The maximum absolute atomic E-state index is 13.3. The quantitative estimate of drug-likeness (QED) is 0.761. The van der Waals surface area contributed by atoms with Gasteiger partial charge in [0.15, 0.2) is 0 Å². The number of anilines is 3. The van der Waals surface area contributed by atoms with Crippen molar-refractivity contribution in [3.63, 3.8) is 0 Å². The molecule has 2 N–H and O–H groups in total. The molecule has 0 aliphatic rings. The first-order valence-electron chi connectivity index (χ1n) is 6.79. The van der Waals surface area contributed by atoms with Gasteiger partial charge in [0.25, 0.3) is 0 Å². The Kier molecular flexibility index (Phi) is 3.64. The smallest absolute Gasteiger partial charge is 0.225 e. The van der Waals surface area contributed by atoms with Crippen LogP contribution in [0.15, 0.2) is 48.5 Å². The molecule has 106 valence electrons. The lowest BCUT2D eigenvalue weighted by molar-refractivity contribution is 0.628. The van der Waals surface area contributed by atoms with Crippen LogP contribution in [-0.2, 0) is 0 Å². The van der Waals surface area contributed by atoms with Crippen LogP contribution < -0.4 is 10.6 Å². The molecule has 5 heteroatoms. The lowest BCUT2D eigenvalue weighted by atomic mass is 10.2. The number of hydrogen-bond acceptors (Lipinski definition) is 4. The fraction of sp³-hybridized carbons (Fsp3) is 0.125. The number of nitrogens with zero attached hydrogens (tertiary/aromatic N) is 2. The molecule has 0 amide bonds. The van der Waals surface area contributed by atoms with Crippen molar-refractivity contribution >= 4 is 28.4 Å². The van der Waals surface area contributed by atoms with Crippen LogP contribution in [0.5, 0.6) is 0 Å². The molecule has 21 heavy (non-hydrogen) atoms. The van der Waals surface area contributed by atoms with Crippen LogP contribution in [0.1, 0.15) is 6.92 Å². The van der Waals surface area contributed by atoms with E-state index in [0.717, 1.165) is 17.4 Å². The summed E-state index contributed by atoms with van der Waals surface area (Å²) in [7, 11) is 0. The van der Waals surface area contributed by atoms with Gasteiger partial charge in [-0.05, 0) is 37.3 Å². The Balaban J connectivity index is 2.07. The summed E-state index contributed by atoms with van der Waals surface area (Å²) in [4.78, 5) is 8.91. The van der Waals surface area contributed by atoms with Crippen LogP contribution in [0.2, 0.25) is 0 Å². The van der Waals surface area contributed by atoms with E-state index >= 15 is 0 Å². The third-order valence-electron chi connectivity index (χ3n) is 3.03. The number of hydrogen-bond donors (Lipinski definition) is 2. The highest BCUT2D eigenvalue weighted by Gasteiger charge is 2.07. The van der Waals surface area contributed by atoms with Crippen molar-refractivity contribution in [1.29, 1.82) is 0 Å². The van der Waals surface area contributed by atoms with Gasteiger partial charge in [0.1, 0.15) is 11.6 Å². The van der Waals surface area contributed by atoms with Crippen molar-refractivity contribution in [2.75, 3.05) is 17.2 Å². The molecule has 0 aliphatic heterocycles. The second-order valence-electron chi connectivity index (χ2n) is 4.58. The topological polar surface area (TPSA) is 49.8 Å². The number of rotatable bonds is 4. The Hall–Kier alpha value is -2.69. The predicted octanol–water partition coefficient (Wildman–Crippen LogP) is 3.94. The summed E-state index contributed by atoms with van der Waals surface area (Å²) in [6.07, 6.45) is 0. The van der Waals surface area contributed by atoms with E-state index in [4.69, 9.17) is 0 Å². The van der Waals surface area contributed by atoms with Gasteiger partial charge in [0, 0.05) is 17.6 Å². The molecule has 0 atom stereocenters. The number of benzene rings is 2. The first kappa shape index (κ1) is 13.3. The minimum Gasteiger partial charge on any atom is -0.354 e. The molecule has 0 spiro atoms. The molecular formula is C16H15FN4. The van der Waals surface area contributed by atoms with Crippen molar-refractivity contribution in [2.24, 2.45) is 0 Å². The predicted molar refractivity (Wildman–Crippen MR) is 83.4 cm³/mol. The highest BCUT2D eigenvalue weighted by molar-refractivity contribution is 5.91. The Morgan fingerprint density at radius 1 is 1.05 bits per heavy atom. The molecule has 0 unspecified atom stereocenters. The maximum atomic E-state index is 13.3. The zero-order valence-electron chi connectivity index (χ0n) is 11.6. The monoisotopic (exact) mass is 282 g/mol. The van der Waals surface area contributed by atoms with E-state index < -0.39 is 0 Å². The third-order valence-corrected chi connectivity index (χ3v) is 3.03. The van der Waals surface area contributed by atoms with Gasteiger partial charge in [-0.2, -0.15) is 4.98 Å². The summed E-state index contributed by atoms with van der Waals surface area (Å²) >= 11 is 0. The van der Waals surface area contributed by atoms with E-state index in [0.29, 0.717) is 17.5 Å².